The molecule has 1 aromatic carbocycles. The Morgan fingerprint density at radius 1 is 1.33 bits per heavy atom. The highest BCUT2D eigenvalue weighted by Crippen LogP contribution is 2.25. The molecule has 2 heterocycles. The maximum Gasteiger partial charge on any atom is 0.263 e. The van der Waals surface area contributed by atoms with Gasteiger partial charge in [0.25, 0.3) is 10.0 Å². The largest absolute Gasteiger partial charge is 0.263 e. The molecule has 0 aromatic heterocycles. The van der Waals surface area contributed by atoms with Crippen molar-refractivity contribution < 1.29 is 8.42 Å². The van der Waals surface area contributed by atoms with Crippen molar-refractivity contribution in [2.45, 2.75) is 23.8 Å². The Labute approximate surface area is 111 Å². The molecule has 0 amide bonds. The van der Waals surface area contributed by atoms with Crippen LogP contribution in [0.2, 0.25) is 0 Å². The highest BCUT2D eigenvalue weighted by molar-refractivity contribution is 7.99. The third-order valence-corrected chi connectivity index (χ3v) is 5.71. The van der Waals surface area contributed by atoms with E-state index in [2.05, 4.69) is 9.71 Å². The number of hydrogen-bond acceptors (Lipinski definition) is 4. The number of hydrogen-bond donors (Lipinski definition) is 1. The van der Waals surface area contributed by atoms with E-state index in [1.165, 1.54) is 5.75 Å². The summed E-state index contributed by atoms with van der Waals surface area (Å²) in [6.45, 7) is 0. The number of rotatable bonds is 1. The van der Waals surface area contributed by atoms with Gasteiger partial charge in [-0.25, -0.2) is 8.42 Å². The minimum atomic E-state index is -3.39. The molecule has 2 aliphatic rings. The number of thioether (sulfide) groups is 1. The maximum atomic E-state index is 11.9. The Morgan fingerprint density at radius 3 is 2.94 bits per heavy atom. The van der Waals surface area contributed by atoms with Crippen LogP contribution in [0.25, 0.3) is 0 Å². The first-order valence-electron chi connectivity index (χ1n) is 5.94. The molecule has 18 heavy (non-hydrogen) atoms. The van der Waals surface area contributed by atoms with Gasteiger partial charge in [-0.1, -0.05) is 12.1 Å². The Kier molecular flexibility index (Phi) is 3.07. The number of fused-ring (bicyclic) bond motifs is 1. The topological polar surface area (TPSA) is 58.5 Å². The molecule has 1 aromatic rings. The van der Waals surface area contributed by atoms with Gasteiger partial charge in [-0.2, -0.15) is 11.8 Å². The van der Waals surface area contributed by atoms with Crippen molar-refractivity contribution in [2.24, 2.45) is 4.99 Å². The van der Waals surface area contributed by atoms with Crippen LogP contribution in [0.3, 0.4) is 0 Å². The van der Waals surface area contributed by atoms with E-state index in [4.69, 9.17) is 0 Å². The van der Waals surface area contributed by atoms with Crippen molar-refractivity contribution in [3.63, 3.8) is 0 Å². The van der Waals surface area contributed by atoms with Crippen molar-refractivity contribution in [3.8, 4) is 0 Å². The molecule has 6 heteroatoms. The molecule has 3 rings (SSSR count). The minimum Gasteiger partial charge on any atom is -0.263 e. The third-order valence-electron chi connectivity index (χ3n) is 3.11. The molecule has 1 N–H and O–H groups in total. The van der Waals surface area contributed by atoms with Gasteiger partial charge in [0.05, 0.1) is 10.9 Å². The Balaban J connectivity index is 1.98. The summed E-state index contributed by atoms with van der Waals surface area (Å²) >= 11 is 1.88. The molecule has 0 bridgehead atoms. The van der Waals surface area contributed by atoms with E-state index >= 15 is 0 Å². The number of benzene rings is 1. The van der Waals surface area contributed by atoms with Gasteiger partial charge in [-0.15, -0.1) is 0 Å². The zero-order valence-electron chi connectivity index (χ0n) is 9.80. The third kappa shape index (κ3) is 2.14. The van der Waals surface area contributed by atoms with Crippen molar-refractivity contribution in [3.05, 3.63) is 29.8 Å². The van der Waals surface area contributed by atoms with E-state index in [1.807, 2.05) is 23.9 Å². The van der Waals surface area contributed by atoms with Crippen LogP contribution in [0, 0.1) is 0 Å². The first-order valence-corrected chi connectivity index (χ1v) is 8.58. The first-order chi connectivity index (χ1) is 8.67. The minimum absolute atomic E-state index is 0.229. The number of aliphatic imine (C=N–C) groups is 1. The summed E-state index contributed by atoms with van der Waals surface area (Å²) < 4.78 is 26.4. The Bertz CT molecular complexity index is 590. The monoisotopic (exact) mass is 282 g/mol. The predicted octanol–water partition coefficient (Wildman–Crippen LogP) is 1.62. The van der Waals surface area contributed by atoms with E-state index in [9.17, 15) is 8.42 Å². The van der Waals surface area contributed by atoms with Crippen LogP contribution in [0.4, 0.5) is 0 Å². The molecular formula is C12H14N2O2S2. The summed E-state index contributed by atoms with van der Waals surface area (Å²) in [4.78, 5) is 4.92. The first kappa shape index (κ1) is 12.0. The lowest BCUT2D eigenvalue weighted by Gasteiger charge is -2.17. The van der Waals surface area contributed by atoms with Crippen molar-refractivity contribution in [2.75, 3.05) is 11.5 Å². The zero-order valence-corrected chi connectivity index (χ0v) is 11.4. The summed E-state index contributed by atoms with van der Waals surface area (Å²) in [6, 6.07) is 7.23. The summed E-state index contributed by atoms with van der Waals surface area (Å²) in [6.07, 6.45) is 2.20. The van der Waals surface area contributed by atoms with E-state index in [-0.39, 0.29) is 6.04 Å². The number of nitrogens with one attached hydrogen (secondary N) is 1. The van der Waals surface area contributed by atoms with Crippen LogP contribution in [0.15, 0.2) is 34.2 Å². The fraction of sp³-hybridized carbons (Fsp3) is 0.417. The maximum absolute atomic E-state index is 11.9. The highest BCUT2D eigenvalue weighted by Gasteiger charge is 2.30. The van der Waals surface area contributed by atoms with Gasteiger partial charge in [0, 0.05) is 11.3 Å². The lowest BCUT2D eigenvalue weighted by atomic mass is 10.1. The highest BCUT2D eigenvalue weighted by atomic mass is 32.2. The lowest BCUT2D eigenvalue weighted by molar-refractivity contribution is 0.594. The molecule has 0 aliphatic carbocycles. The van der Waals surface area contributed by atoms with Crippen LogP contribution in [0.1, 0.15) is 18.4 Å². The van der Waals surface area contributed by atoms with Crippen LogP contribution in [-0.4, -0.2) is 31.8 Å². The molecule has 1 atom stereocenters. The van der Waals surface area contributed by atoms with Gasteiger partial charge in [-0.05, 0) is 30.7 Å². The Morgan fingerprint density at radius 2 is 2.17 bits per heavy atom. The van der Waals surface area contributed by atoms with Gasteiger partial charge in [0.15, 0.2) is 0 Å². The van der Waals surface area contributed by atoms with Crippen LogP contribution >= 0.6 is 11.8 Å². The van der Waals surface area contributed by atoms with E-state index in [0.717, 1.165) is 18.6 Å². The molecule has 1 unspecified atom stereocenters. The smallest absolute Gasteiger partial charge is 0.263 e. The molecule has 4 nitrogen and oxygen atoms in total. The van der Waals surface area contributed by atoms with Crippen LogP contribution < -0.4 is 4.72 Å². The van der Waals surface area contributed by atoms with Crippen molar-refractivity contribution in [1.82, 2.24) is 4.72 Å². The second kappa shape index (κ2) is 4.59. The molecule has 2 aliphatic heterocycles. The number of amidine groups is 1. The van der Waals surface area contributed by atoms with E-state index in [1.54, 1.807) is 12.1 Å². The van der Waals surface area contributed by atoms with Gasteiger partial charge in [0.1, 0.15) is 5.84 Å². The average Bonchev–Trinajstić information content (AvgIpc) is 2.63. The number of nitrogens with zero attached hydrogens (tertiary/aromatic N) is 1. The van der Waals surface area contributed by atoms with Crippen molar-refractivity contribution in [1.29, 1.82) is 0 Å². The van der Waals surface area contributed by atoms with Gasteiger partial charge < -0.3 is 0 Å². The normalized spacial score (nSPS) is 27.8. The SMILES string of the molecule is O=S1(=O)NC(=NC2CCCSC2)c2ccccc21. The summed E-state index contributed by atoms with van der Waals surface area (Å²) in [7, 11) is -3.39. The van der Waals surface area contributed by atoms with Crippen LogP contribution in [-0.2, 0) is 10.0 Å². The molecule has 0 radical (unpaired) electrons. The molecule has 1 fully saturated rings. The number of sulfonamides is 1. The summed E-state index contributed by atoms with van der Waals surface area (Å²) in [5, 5.41) is 0. The molecule has 1 saturated heterocycles. The summed E-state index contributed by atoms with van der Waals surface area (Å²) in [5.41, 5.74) is 0.702. The fourth-order valence-electron chi connectivity index (χ4n) is 2.24. The van der Waals surface area contributed by atoms with Gasteiger partial charge in [-0.3, -0.25) is 9.71 Å². The fourth-order valence-corrected chi connectivity index (χ4v) is 4.53. The van der Waals surface area contributed by atoms with E-state index < -0.39 is 10.0 Å². The van der Waals surface area contributed by atoms with Crippen molar-refractivity contribution >= 4 is 27.6 Å². The van der Waals surface area contributed by atoms with Gasteiger partial charge in [0.2, 0.25) is 0 Å². The second-order valence-corrected chi connectivity index (χ2v) is 7.25. The van der Waals surface area contributed by atoms with Crippen LogP contribution in [0.5, 0.6) is 0 Å². The molecule has 0 saturated carbocycles. The standard InChI is InChI=1S/C12H14N2O2S2/c15-18(16)11-6-2-1-5-10(11)12(14-18)13-9-4-3-7-17-8-9/h1-2,5-6,9H,3-4,7-8H2,(H,13,14). The lowest BCUT2D eigenvalue weighted by Crippen LogP contribution is -2.25. The zero-order chi connectivity index (χ0) is 12.6. The van der Waals surface area contributed by atoms with E-state index in [0.29, 0.717) is 16.3 Å². The molecule has 0 spiro atoms. The molecular weight excluding hydrogens is 268 g/mol. The molecule has 96 valence electrons. The summed E-state index contributed by atoms with van der Waals surface area (Å²) in [5.74, 6) is 2.68. The quantitative estimate of drug-likeness (QED) is 0.851. The predicted molar refractivity (Wildman–Crippen MR) is 73.6 cm³/mol. The van der Waals surface area contributed by atoms with Gasteiger partial charge >= 0.3 is 0 Å². The Hall–Kier alpha value is -1.01. The second-order valence-electron chi connectivity index (χ2n) is 4.45. The average molecular weight is 282 g/mol.